The van der Waals surface area contributed by atoms with Crippen LogP contribution in [0.4, 0.5) is 0 Å². The molecular weight excluding hydrogens is 228 g/mol. The summed E-state index contributed by atoms with van der Waals surface area (Å²) in [5, 5.41) is 9.71. The predicted octanol–water partition coefficient (Wildman–Crippen LogP) is 2.55. The van der Waals surface area contributed by atoms with Crippen molar-refractivity contribution in [3.63, 3.8) is 0 Å². The lowest BCUT2D eigenvalue weighted by atomic mass is 9.52. The van der Waals surface area contributed by atoms with Crippen LogP contribution in [0.1, 0.15) is 36.8 Å². The van der Waals surface area contributed by atoms with Crippen molar-refractivity contribution in [2.45, 2.75) is 37.5 Å². The molecule has 3 rings (SSSR count). The van der Waals surface area contributed by atoms with E-state index in [9.17, 15) is 9.90 Å². The molecule has 18 heavy (non-hydrogen) atoms. The van der Waals surface area contributed by atoms with Gasteiger partial charge in [0.2, 0.25) is 0 Å². The SMILES string of the molecule is COC(=O)[C@H]1CC[C@@]12CCCc1ccc(O)cc12. The van der Waals surface area contributed by atoms with E-state index in [1.165, 1.54) is 18.2 Å². The maximum atomic E-state index is 11.9. The lowest BCUT2D eigenvalue weighted by molar-refractivity contribution is -0.153. The largest absolute Gasteiger partial charge is 0.508 e. The highest BCUT2D eigenvalue weighted by Crippen LogP contribution is 2.56. The summed E-state index contributed by atoms with van der Waals surface area (Å²) in [6.45, 7) is 0. The molecule has 1 N–H and O–H groups in total. The summed E-state index contributed by atoms with van der Waals surface area (Å²) in [6.07, 6.45) is 5.13. The van der Waals surface area contributed by atoms with Crippen LogP contribution >= 0.6 is 0 Å². The van der Waals surface area contributed by atoms with Crippen molar-refractivity contribution in [3.05, 3.63) is 29.3 Å². The van der Waals surface area contributed by atoms with Gasteiger partial charge in [-0.05, 0) is 55.4 Å². The molecule has 1 aromatic rings. The third-order valence-electron chi connectivity index (χ3n) is 4.73. The number of carbonyl (C=O) groups is 1. The number of benzene rings is 1. The fourth-order valence-corrected chi connectivity index (χ4v) is 3.72. The molecule has 2 aliphatic carbocycles. The topological polar surface area (TPSA) is 46.5 Å². The van der Waals surface area contributed by atoms with E-state index in [1.54, 1.807) is 6.07 Å². The Kier molecular flexibility index (Phi) is 2.58. The molecule has 0 saturated heterocycles. The third-order valence-corrected chi connectivity index (χ3v) is 4.73. The summed E-state index contributed by atoms with van der Waals surface area (Å²) in [5.41, 5.74) is 2.39. The minimum Gasteiger partial charge on any atom is -0.508 e. The van der Waals surface area contributed by atoms with Gasteiger partial charge in [-0.1, -0.05) is 6.07 Å². The summed E-state index contributed by atoms with van der Waals surface area (Å²) in [6, 6.07) is 5.59. The van der Waals surface area contributed by atoms with Gasteiger partial charge in [-0.2, -0.15) is 0 Å². The van der Waals surface area contributed by atoms with Gasteiger partial charge in [0.05, 0.1) is 13.0 Å². The molecule has 0 aromatic heterocycles. The van der Waals surface area contributed by atoms with E-state index >= 15 is 0 Å². The van der Waals surface area contributed by atoms with E-state index in [-0.39, 0.29) is 17.3 Å². The van der Waals surface area contributed by atoms with Gasteiger partial charge in [0.15, 0.2) is 0 Å². The Morgan fingerprint density at radius 1 is 1.44 bits per heavy atom. The number of hydrogen-bond donors (Lipinski definition) is 1. The second kappa shape index (κ2) is 4.01. The molecule has 0 unspecified atom stereocenters. The van der Waals surface area contributed by atoms with Crippen LogP contribution in [0.15, 0.2) is 18.2 Å². The monoisotopic (exact) mass is 246 g/mol. The quantitative estimate of drug-likeness (QED) is 0.775. The number of methoxy groups -OCH3 is 1. The summed E-state index contributed by atoms with van der Waals surface area (Å²) in [5.74, 6) is 0.173. The molecule has 1 spiro atoms. The number of esters is 1. The molecule has 0 bridgehead atoms. The summed E-state index contributed by atoms with van der Waals surface area (Å²) >= 11 is 0. The Bertz CT molecular complexity index is 495. The Morgan fingerprint density at radius 3 is 2.94 bits per heavy atom. The van der Waals surface area contributed by atoms with E-state index in [4.69, 9.17) is 4.74 Å². The fourth-order valence-electron chi connectivity index (χ4n) is 3.72. The first-order valence-corrected chi connectivity index (χ1v) is 6.57. The Morgan fingerprint density at radius 2 is 2.28 bits per heavy atom. The van der Waals surface area contributed by atoms with Gasteiger partial charge in [0, 0.05) is 5.41 Å². The summed E-state index contributed by atoms with van der Waals surface area (Å²) < 4.78 is 4.93. The summed E-state index contributed by atoms with van der Waals surface area (Å²) in [7, 11) is 1.46. The summed E-state index contributed by atoms with van der Waals surface area (Å²) in [4.78, 5) is 11.9. The van der Waals surface area contributed by atoms with Crippen LogP contribution in [0.2, 0.25) is 0 Å². The lowest BCUT2D eigenvalue weighted by Gasteiger charge is -2.51. The van der Waals surface area contributed by atoms with Gasteiger partial charge >= 0.3 is 5.97 Å². The number of phenolic OH excluding ortho intramolecular Hbond substituents is 1. The number of rotatable bonds is 1. The van der Waals surface area contributed by atoms with Gasteiger partial charge in [-0.15, -0.1) is 0 Å². The third kappa shape index (κ3) is 1.46. The van der Waals surface area contributed by atoms with Gasteiger partial charge in [-0.3, -0.25) is 4.79 Å². The van der Waals surface area contributed by atoms with Crippen LogP contribution in [0.25, 0.3) is 0 Å². The minimum absolute atomic E-state index is 0.0247. The predicted molar refractivity (Wildman–Crippen MR) is 67.5 cm³/mol. The molecule has 0 heterocycles. The zero-order valence-electron chi connectivity index (χ0n) is 10.6. The van der Waals surface area contributed by atoms with Crippen LogP contribution in [-0.2, 0) is 21.4 Å². The molecule has 1 fully saturated rings. The molecule has 3 nitrogen and oxygen atoms in total. The van der Waals surface area contributed by atoms with E-state index in [2.05, 4.69) is 0 Å². The first-order chi connectivity index (χ1) is 8.67. The molecule has 96 valence electrons. The van der Waals surface area contributed by atoms with Crippen molar-refractivity contribution < 1.29 is 14.6 Å². The normalized spacial score (nSPS) is 29.5. The van der Waals surface area contributed by atoms with Gasteiger partial charge < -0.3 is 9.84 Å². The van der Waals surface area contributed by atoms with Crippen molar-refractivity contribution in [2.24, 2.45) is 5.92 Å². The fraction of sp³-hybridized carbons (Fsp3) is 0.533. The average molecular weight is 246 g/mol. The van der Waals surface area contributed by atoms with Crippen molar-refractivity contribution in [2.75, 3.05) is 7.11 Å². The molecule has 3 heteroatoms. The number of fused-ring (bicyclic) bond motifs is 2. The molecule has 0 amide bonds. The van der Waals surface area contributed by atoms with Crippen molar-refractivity contribution in [1.82, 2.24) is 0 Å². The van der Waals surface area contributed by atoms with E-state index in [0.717, 1.165) is 32.1 Å². The van der Waals surface area contributed by atoms with E-state index < -0.39 is 0 Å². The molecule has 1 saturated carbocycles. The lowest BCUT2D eigenvalue weighted by Crippen LogP contribution is -2.50. The Hall–Kier alpha value is -1.51. The van der Waals surface area contributed by atoms with Gasteiger partial charge in [0.1, 0.15) is 5.75 Å². The highest BCUT2D eigenvalue weighted by molar-refractivity contribution is 5.76. The Labute approximate surface area is 107 Å². The van der Waals surface area contributed by atoms with Crippen molar-refractivity contribution >= 4 is 5.97 Å². The van der Waals surface area contributed by atoms with Crippen LogP contribution in [-0.4, -0.2) is 18.2 Å². The van der Waals surface area contributed by atoms with Crippen molar-refractivity contribution in [1.29, 1.82) is 0 Å². The van der Waals surface area contributed by atoms with Crippen molar-refractivity contribution in [3.8, 4) is 5.75 Å². The number of ether oxygens (including phenoxy) is 1. The highest BCUT2D eigenvalue weighted by Gasteiger charge is 2.53. The standard InChI is InChI=1S/C15H18O3/c1-18-14(17)12-6-8-15(12)7-2-3-10-4-5-11(16)9-13(10)15/h4-5,9,12,16H,2-3,6-8H2,1H3/t12-,15+/m1/s1. The number of carbonyl (C=O) groups excluding carboxylic acids is 1. The Balaban J connectivity index is 2.05. The van der Waals surface area contributed by atoms with Crippen LogP contribution in [0.3, 0.4) is 0 Å². The molecule has 0 radical (unpaired) electrons. The first-order valence-electron chi connectivity index (χ1n) is 6.57. The second-order valence-corrected chi connectivity index (χ2v) is 5.47. The molecule has 2 atom stereocenters. The number of aryl methyl sites for hydroxylation is 1. The number of phenols is 1. The maximum Gasteiger partial charge on any atom is 0.309 e. The van der Waals surface area contributed by atoms with E-state index in [1.807, 2.05) is 12.1 Å². The van der Waals surface area contributed by atoms with Crippen LogP contribution < -0.4 is 0 Å². The van der Waals surface area contributed by atoms with E-state index in [0.29, 0.717) is 5.75 Å². The average Bonchev–Trinajstić information content (AvgIpc) is 2.36. The molecular formula is C15H18O3. The first kappa shape index (κ1) is 11.6. The van der Waals surface area contributed by atoms with Gasteiger partial charge in [-0.25, -0.2) is 0 Å². The maximum absolute atomic E-state index is 11.9. The molecule has 2 aliphatic rings. The molecule has 1 aromatic carbocycles. The zero-order chi connectivity index (χ0) is 12.8. The zero-order valence-corrected chi connectivity index (χ0v) is 10.6. The van der Waals surface area contributed by atoms with Gasteiger partial charge in [0.25, 0.3) is 0 Å². The molecule has 0 aliphatic heterocycles. The number of aromatic hydroxyl groups is 1. The smallest absolute Gasteiger partial charge is 0.309 e. The minimum atomic E-state index is -0.0996. The number of hydrogen-bond acceptors (Lipinski definition) is 3. The second-order valence-electron chi connectivity index (χ2n) is 5.47. The van der Waals surface area contributed by atoms with Crippen LogP contribution in [0, 0.1) is 5.92 Å². The highest BCUT2D eigenvalue weighted by atomic mass is 16.5. The van der Waals surface area contributed by atoms with Crippen LogP contribution in [0.5, 0.6) is 5.75 Å².